The number of urea groups is 1. The van der Waals surface area contributed by atoms with Crippen molar-refractivity contribution in [2.75, 3.05) is 25.4 Å². The molecule has 0 spiro atoms. The summed E-state index contributed by atoms with van der Waals surface area (Å²) >= 11 is 3.50. The predicted molar refractivity (Wildman–Crippen MR) is 103 cm³/mol. The first-order valence-corrected chi connectivity index (χ1v) is 11.1. The minimum Gasteiger partial charge on any atom is -0.338 e. The highest BCUT2D eigenvalue weighted by Gasteiger charge is 2.25. The molecule has 1 aromatic carbocycles. The monoisotopic (exact) mass is 431 g/mol. The highest BCUT2D eigenvalue weighted by molar-refractivity contribution is 9.10. The van der Waals surface area contributed by atoms with Crippen LogP contribution in [0.3, 0.4) is 0 Å². The smallest absolute Gasteiger partial charge is 0.317 e. The standard InChI is InChI=1S/C17H26BrN3O3S/c1-2-13-25(23,24)20-15-8-11-21(12-9-15)17(22)19-10-7-14-5-3-4-6-16(14)18/h3-6,15,20H,2,7-13H2,1H3,(H,19,22). The summed E-state index contributed by atoms with van der Waals surface area (Å²) in [7, 11) is -3.19. The van der Waals surface area contributed by atoms with E-state index in [0.29, 0.717) is 38.9 Å². The quantitative estimate of drug-likeness (QED) is 0.695. The van der Waals surface area contributed by atoms with Gasteiger partial charge in [-0.05, 0) is 37.3 Å². The second kappa shape index (κ2) is 9.54. The van der Waals surface area contributed by atoms with Crippen LogP contribution in [0, 0.1) is 0 Å². The molecule has 6 nitrogen and oxygen atoms in total. The fourth-order valence-electron chi connectivity index (χ4n) is 2.90. The number of hydrogen-bond acceptors (Lipinski definition) is 3. The molecule has 140 valence electrons. The average molecular weight is 432 g/mol. The molecule has 1 heterocycles. The molecule has 2 rings (SSSR count). The van der Waals surface area contributed by atoms with E-state index in [1.807, 2.05) is 31.2 Å². The number of carbonyl (C=O) groups excluding carboxylic acids is 1. The third kappa shape index (κ3) is 6.60. The van der Waals surface area contributed by atoms with Gasteiger partial charge in [-0.1, -0.05) is 41.1 Å². The number of carbonyl (C=O) groups is 1. The zero-order valence-electron chi connectivity index (χ0n) is 14.5. The average Bonchev–Trinajstić information content (AvgIpc) is 2.56. The van der Waals surface area contributed by atoms with Crippen LogP contribution in [0.15, 0.2) is 28.7 Å². The van der Waals surface area contributed by atoms with Crippen LogP contribution < -0.4 is 10.0 Å². The minimum atomic E-state index is -3.19. The van der Waals surface area contributed by atoms with Crippen molar-refractivity contribution in [3.63, 3.8) is 0 Å². The molecule has 1 aliphatic heterocycles. The molecule has 0 radical (unpaired) electrons. The van der Waals surface area contributed by atoms with E-state index in [0.717, 1.165) is 16.5 Å². The predicted octanol–water partition coefficient (Wildman–Crippen LogP) is 2.50. The number of nitrogens with zero attached hydrogens (tertiary/aromatic N) is 1. The van der Waals surface area contributed by atoms with Crippen molar-refractivity contribution in [3.8, 4) is 0 Å². The lowest BCUT2D eigenvalue weighted by Crippen LogP contribution is -2.49. The molecular weight excluding hydrogens is 406 g/mol. The van der Waals surface area contributed by atoms with Crippen molar-refractivity contribution >= 4 is 32.0 Å². The van der Waals surface area contributed by atoms with E-state index in [-0.39, 0.29) is 17.8 Å². The number of nitrogens with one attached hydrogen (secondary N) is 2. The third-order valence-electron chi connectivity index (χ3n) is 4.23. The van der Waals surface area contributed by atoms with Gasteiger partial charge in [-0.15, -0.1) is 0 Å². The Labute approximate surface area is 158 Å². The molecule has 0 aromatic heterocycles. The lowest BCUT2D eigenvalue weighted by Gasteiger charge is -2.32. The van der Waals surface area contributed by atoms with Crippen LogP contribution in [-0.4, -0.2) is 50.8 Å². The van der Waals surface area contributed by atoms with E-state index in [9.17, 15) is 13.2 Å². The summed E-state index contributed by atoms with van der Waals surface area (Å²) in [6, 6.07) is 7.81. The minimum absolute atomic E-state index is 0.0686. The topological polar surface area (TPSA) is 78.5 Å². The maximum absolute atomic E-state index is 12.2. The number of sulfonamides is 1. The van der Waals surface area contributed by atoms with E-state index in [1.165, 1.54) is 0 Å². The Bertz CT molecular complexity index is 673. The highest BCUT2D eigenvalue weighted by atomic mass is 79.9. The normalized spacial score (nSPS) is 16.0. The number of halogens is 1. The number of rotatable bonds is 7. The summed E-state index contributed by atoms with van der Waals surface area (Å²) in [6.45, 7) is 3.56. The van der Waals surface area contributed by atoms with E-state index >= 15 is 0 Å². The van der Waals surface area contributed by atoms with Crippen molar-refractivity contribution in [2.45, 2.75) is 38.6 Å². The van der Waals surface area contributed by atoms with Crippen LogP contribution in [0.4, 0.5) is 4.79 Å². The zero-order valence-corrected chi connectivity index (χ0v) is 16.9. The third-order valence-corrected chi connectivity index (χ3v) is 6.64. The molecule has 2 N–H and O–H groups in total. The molecule has 0 aliphatic carbocycles. The SMILES string of the molecule is CCCS(=O)(=O)NC1CCN(C(=O)NCCc2ccccc2Br)CC1. The van der Waals surface area contributed by atoms with Crippen molar-refractivity contribution in [2.24, 2.45) is 0 Å². The Hall–Kier alpha value is -1.12. The molecule has 25 heavy (non-hydrogen) atoms. The van der Waals surface area contributed by atoms with Gasteiger partial charge in [0, 0.05) is 30.1 Å². The van der Waals surface area contributed by atoms with Gasteiger partial charge < -0.3 is 10.2 Å². The van der Waals surface area contributed by atoms with Crippen LogP contribution >= 0.6 is 15.9 Å². The fourth-order valence-corrected chi connectivity index (χ4v) is 4.78. The summed E-state index contributed by atoms with van der Waals surface area (Å²) < 4.78 is 27.4. The molecular formula is C17H26BrN3O3S. The van der Waals surface area contributed by atoms with Crippen LogP contribution in [-0.2, 0) is 16.4 Å². The Morgan fingerprint density at radius 3 is 2.60 bits per heavy atom. The van der Waals surface area contributed by atoms with Crippen molar-refractivity contribution in [1.29, 1.82) is 0 Å². The van der Waals surface area contributed by atoms with Crippen LogP contribution in [0.25, 0.3) is 0 Å². The largest absolute Gasteiger partial charge is 0.338 e. The lowest BCUT2D eigenvalue weighted by atomic mass is 10.1. The maximum Gasteiger partial charge on any atom is 0.317 e. The van der Waals surface area contributed by atoms with E-state index in [2.05, 4.69) is 26.0 Å². The van der Waals surface area contributed by atoms with Gasteiger partial charge in [-0.2, -0.15) is 0 Å². The Morgan fingerprint density at radius 1 is 1.28 bits per heavy atom. The zero-order chi connectivity index (χ0) is 18.3. The fraction of sp³-hybridized carbons (Fsp3) is 0.588. The molecule has 1 aromatic rings. The second-order valence-electron chi connectivity index (χ2n) is 6.27. The molecule has 0 unspecified atom stereocenters. The number of amides is 2. The van der Waals surface area contributed by atoms with Crippen molar-refractivity contribution in [1.82, 2.24) is 14.9 Å². The first-order valence-electron chi connectivity index (χ1n) is 8.67. The number of likely N-dealkylation sites (tertiary alicyclic amines) is 1. The summed E-state index contributed by atoms with van der Waals surface area (Å²) in [6.07, 6.45) is 2.68. The van der Waals surface area contributed by atoms with Crippen LogP contribution in [0.2, 0.25) is 0 Å². The van der Waals surface area contributed by atoms with Crippen LogP contribution in [0.1, 0.15) is 31.7 Å². The van der Waals surface area contributed by atoms with E-state index < -0.39 is 10.0 Å². The molecule has 0 saturated carbocycles. The first kappa shape index (κ1) is 20.2. The molecule has 1 fully saturated rings. The number of hydrogen-bond donors (Lipinski definition) is 2. The lowest BCUT2D eigenvalue weighted by molar-refractivity contribution is 0.180. The van der Waals surface area contributed by atoms with Gasteiger partial charge >= 0.3 is 6.03 Å². The Balaban J connectivity index is 1.71. The summed E-state index contributed by atoms with van der Waals surface area (Å²) in [4.78, 5) is 14.0. The Kier molecular flexibility index (Phi) is 7.71. The molecule has 0 bridgehead atoms. The molecule has 2 amide bonds. The van der Waals surface area contributed by atoms with Crippen molar-refractivity contribution in [3.05, 3.63) is 34.3 Å². The van der Waals surface area contributed by atoms with Crippen molar-refractivity contribution < 1.29 is 13.2 Å². The van der Waals surface area contributed by atoms with Gasteiger partial charge in [0.05, 0.1) is 5.75 Å². The molecule has 8 heteroatoms. The molecule has 1 saturated heterocycles. The highest BCUT2D eigenvalue weighted by Crippen LogP contribution is 2.16. The number of piperidine rings is 1. The van der Waals surface area contributed by atoms with Gasteiger partial charge in [0.15, 0.2) is 0 Å². The second-order valence-corrected chi connectivity index (χ2v) is 9.00. The summed E-state index contributed by atoms with van der Waals surface area (Å²) in [5.41, 5.74) is 1.16. The summed E-state index contributed by atoms with van der Waals surface area (Å²) in [5.74, 6) is 0.156. The van der Waals surface area contributed by atoms with E-state index in [4.69, 9.17) is 0 Å². The van der Waals surface area contributed by atoms with Gasteiger partial charge in [0.1, 0.15) is 0 Å². The van der Waals surface area contributed by atoms with Crippen LogP contribution in [0.5, 0.6) is 0 Å². The van der Waals surface area contributed by atoms with Gasteiger partial charge in [0.2, 0.25) is 10.0 Å². The number of benzene rings is 1. The Morgan fingerprint density at radius 2 is 1.96 bits per heavy atom. The van der Waals surface area contributed by atoms with Gasteiger partial charge in [-0.25, -0.2) is 17.9 Å². The summed E-state index contributed by atoms with van der Waals surface area (Å²) in [5, 5.41) is 2.94. The van der Waals surface area contributed by atoms with Gasteiger partial charge in [0.25, 0.3) is 0 Å². The van der Waals surface area contributed by atoms with E-state index in [1.54, 1.807) is 4.90 Å². The first-order chi connectivity index (χ1) is 11.9. The molecule has 1 aliphatic rings. The maximum atomic E-state index is 12.2. The van der Waals surface area contributed by atoms with Gasteiger partial charge in [-0.3, -0.25) is 0 Å². The molecule has 0 atom stereocenters.